The molecule has 1 atom stereocenters. The predicted molar refractivity (Wildman–Crippen MR) is 65.8 cm³/mol. The minimum absolute atomic E-state index is 0.402. The number of hydrogen-bond acceptors (Lipinski definition) is 3. The van der Waals surface area contributed by atoms with Crippen molar-refractivity contribution in [2.75, 3.05) is 20.3 Å². The van der Waals surface area contributed by atoms with Crippen LogP contribution in [0.1, 0.15) is 32.4 Å². The number of hydrogen-bond donors (Lipinski definition) is 1. The van der Waals surface area contributed by atoms with Crippen LogP contribution >= 0.6 is 0 Å². The lowest BCUT2D eigenvalue weighted by molar-refractivity contribution is 0.162. The molecule has 0 saturated heterocycles. The number of methoxy groups -OCH3 is 1. The number of benzene rings is 1. The largest absolute Gasteiger partial charge is 0.497 e. The Morgan fingerprint density at radius 2 is 1.62 bits per heavy atom. The lowest BCUT2D eigenvalue weighted by Gasteiger charge is -2.04. The smallest absolute Gasteiger partial charge is 0.118 e. The first-order chi connectivity index (χ1) is 7.65. The molecule has 0 amide bonds. The minimum Gasteiger partial charge on any atom is -0.497 e. The van der Waals surface area contributed by atoms with E-state index in [1.165, 1.54) is 0 Å². The van der Waals surface area contributed by atoms with Gasteiger partial charge in [0.15, 0.2) is 0 Å². The van der Waals surface area contributed by atoms with Gasteiger partial charge in [-0.15, -0.1) is 0 Å². The zero-order valence-electron chi connectivity index (χ0n) is 10.6. The first-order valence-electron chi connectivity index (χ1n) is 5.55. The van der Waals surface area contributed by atoms with Crippen LogP contribution in [0.25, 0.3) is 0 Å². The van der Waals surface area contributed by atoms with Gasteiger partial charge in [0.25, 0.3) is 0 Å². The molecule has 1 rings (SSSR count). The third-order valence-corrected chi connectivity index (χ3v) is 2.01. The molecule has 0 bridgehead atoms. The third kappa shape index (κ3) is 6.43. The molecule has 3 heteroatoms. The van der Waals surface area contributed by atoms with Crippen molar-refractivity contribution < 1.29 is 14.6 Å². The molecule has 0 aliphatic rings. The molecule has 0 saturated carbocycles. The average Bonchev–Trinajstić information content (AvgIpc) is 2.31. The Kier molecular flexibility index (Phi) is 8.58. The Morgan fingerprint density at radius 3 is 1.88 bits per heavy atom. The highest BCUT2D eigenvalue weighted by Crippen LogP contribution is 2.16. The quantitative estimate of drug-likeness (QED) is 0.858. The third-order valence-electron chi connectivity index (χ3n) is 2.01. The molecule has 0 radical (unpaired) electrons. The molecule has 0 spiro atoms. The van der Waals surface area contributed by atoms with Gasteiger partial charge in [-0.2, -0.15) is 0 Å². The van der Waals surface area contributed by atoms with E-state index in [9.17, 15) is 0 Å². The van der Waals surface area contributed by atoms with E-state index in [1.54, 1.807) is 14.0 Å². The topological polar surface area (TPSA) is 38.7 Å². The summed E-state index contributed by atoms with van der Waals surface area (Å²) >= 11 is 0. The summed E-state index contributed by atoms with van der Waals surface area (Å²) in [5.41, 5.74) is 0.908. The average molecular weight is 226 g/mol. The summed E-state index contributed by atoms with van der Waals surface area (Å²) in [7, 11) is 1.62. The van der Waals surface area contributed by atoms with E-state index in [2.05, 4.69) is 0 Å². The fourth-order valence-electron chi connectivity index (χ4n) is 1.09. The zero-order chi connectivity index (χ0) is 12.4. The fourth-order valence-corrected chi connectivity index (χ4v) is 1.09. The van der Waals surface area contributed by atoms with Crippen LogP contribution in [-0.2, 0) is 4.74 Å². The molecule has 1 aromatic rings. The van der Waals surface area contributed by atoms with Crippen LogP contribution in [0.5, 0.6) is 5.75 Å². The van der Waals surface area contributed by atoms with Crippen molar-refractivity contribution in [3.63, 3.8) is 0 Å². The van der Waals surface area contributed by atoms with E-state index in [1.807, 2.05) is 38.1 Å². The summed E-state index contributed by atoms with van der Waals surface area (Å²) in [6, 6.07) is 7.37. The van der Waals surface area contributed by atoms with Gasteiger partial charge in [-0.25, -0.2) is 0 Å². The van der Waals surface area contributed by atoms with E-state index in [0.29, 0.717) is 0 Å². The van der Waals surface area contributed by atoms with Crippen LogP contribution in [-0.4, -0.2) is 25.4 Å². The molecular formula is C13H22O3. The molecule has 92 valence electrons. The van der Waals surface area contributed by atoms with E-state index in [0.717, 1.165) is 24.5 Å². The summed E-state index contributed by atoms with van der Waals surface area (Å²) in [5, 5.41) is 9.15. The van der Waals surface area contributed by atoms with Crippen LogP contribution in [0.2, 0.25) is 0 Å². The first-order valence-corrected chi connectivity index (χ1v) is 5.55. The van der Waals surface area contributed by atoms with E-state index in [-0.39, 0.29) is 0 Å². The minimum atomic E-state index is -0.402. The van der Waals surface area contributed by atoms with E-state index < -0.39 is 6.10 Å². The maximum absolute atomic E-state index is 9.15. The molecule has 0 aliphatic heterocycles. The number of aliphatic hydroxyl groups is 1. The van der Waals surface area contributed by atoms with Gasteiger partial charge in [-0.3, -0.25) is 0 Å². The van der Waals surface area contributed by atoms with Crippen LogP contribution in [0.3, 0.4) is 0 Å². The monoisotopic (exact) mass is 226 g/mol. The zero-order valence-corrected chi connectivity index (χ0v) is 10.6. The van der Waals surface area contributed by atoms with Crippen LogP contribution in [0.15, 0.2) is 24.3 Å². The molecule has 0 aliphatic carbocycles. The van der Waals surface area contributed by atoms with E-state index >= 15 is 0 Å². The molecule has 1 N–H and O–H groups in total. The Bertz CT molecular complexity index is 252. The van der Waals surface area contributed by atoms with Gasteiger partial charge in [-0.05, 0) is 38.5 Å². The Hall–Kier alpha value is -1.06. The molecular weight excluding hydrogens is 204 g/mol. The Morgan fingerprint density at radius 1 is 1.12 bits per heavy atom. The highest BCUT2D eigenvalue weighted by Gasteiger charge is 1.98. The van der Waals surface area contributed by atoms with Crippen LogP contribution in [0, 0.1) is 0 Å². The normalized spacial score (nSPS) is 11.3. The van der Waals surface area contributed by atoms with Crippen molar-refractivity contribution in [2.45, 2.75) is 26.9 Å². The standard InChI is InChI=1S/C9H12O2.C4H10O/c1-7(10)8-3-5-9(11-2)6-4-8;1-3-5-4-2/h3-7,10H,1-2H3;3-4H2,1-2H3. The lowest BCUT2D eigenvalue weighted by atomic mass is 10.1. The molecule has 3 nitrogen and oxygen atoms in total. The van der Waals surface area contributed by atoms with Gasteiger partial charge < -0.3 is 14.6 Å². The fraction of sp³-hybridized carbons (Fsp3) is 0.538. The second-order valence-electron chi connectivity index (χ2n) is 3.23. The second kappa shape index (κ2) is 9.19. The van der Waals surface area contributed by atoms with Crippen LogP contribution in [0.4, 0.5) is 0 Å². The maximum atomic E-state index is 9.15. The van der Waals surface area contributed by atoms with E-state index in [4.69, 9.17) is 14.6 Å². The van der Waals surface area contributed by atoms with Crippen molar-refractivity contribution in [1.29, 1.82) is 0 Å². The van der Waals surface area contributed by atoms with Gasteiger partial charge >= 0.3 is 0 Å². The molecule has 0 heterocycles. The summed E-state index contributed by atoms with van der Waals surface area (Å²) in [6.07, 6.45) is -0.402. The van der Waals surface area contributed by atoms with Crippen molar-refractivity contribution in [2.24, 2.45) is 0 Å². The SMILES string of the molecule is CCOCC.COc1ccc(C(C)O)cc1. The van der Waals surface area contributed by atoms with Crippen molar-refractivity contribution >= 4 is 0 Å². The molecule has 0 aromatic heterocycles. The highest BCUT2D eigenvalue weighted by atomic mass is 16.5. The number of aliphatic hydroxyl groups excluding tert-OH is 1. The van der Waals surface area contributed by atoms with Crippen LogP contribution < -0.4 is 4.74 Å². The lowest BCUT2D eigenvalue weighted by Crippen LogP contribution is -1.90. The summed E-state index contributed by atoms with van der Waals surface area (Å²) < 4.78 is 9.80. The first kappa shape index (κ1) is 14.9. The predicted octanol–water partition coefficient (Wildman–Crippen LogP) is 2.79. The van der Waals surface area contributed by atoms with Gasteiger partial charge in [0.2, 0.25) is 0 Å². The van der Waals surface area contributed by atoms with Gasteiger partial charge in [-0.1, -0.05) is 12.1 Å². The number of rotatable bonds is 4. The Balaban J connectivity index is 0.000000385. The molecule has 16 heavy (non-hydrogen) atoms. The number of ether oxygens (including phenoxy) is 2. The molecule has 1 unspecified atom stereocenters. The van der Waals surface area contributed by atoms with Crippen molar-refractivity contribution in [1.82, 2.24) is 0 Å². The summed E-state index contributed by atoms with van der Waals surface area (Å²) in [6.45, 7) is 7.40. The van der Waals surface area contributed by atoms with Gasteiger partial charge in [0.05, 0.1) is 13.2 Å². The second-order valence-corrected chi connectivity index (χ2v) is 3.23. The summed E-state index contributed by atoms with van der Waals surface area (Å²) in [5.74, 6) is 0.814. The van der Waals surface area contributed by atoms with Gasteiger partial charge in [0, 0.05) is 13.2 Å². The summed E-state index contributed by atoms with van der Waals surface area (Å²) in [4.78, 5) is 0. The molecule has 1 aromatic carbocycles. The Labute approximate surface area is 98.0 Å². The van der Waals surface area contributed by atoms with Crippen molar-refractivity contribution in [3.8, 4) is 5.75 Å². The highest BCUT2D eigenvalue weighted by molar-refractivity contribution is 5.27. The van der Waals surface area contributed by atoms with Crippen molar-refractivity contribution in [3.05, 3.63) is 29.8 Å². The molecule has 0 fully saturated rings. The van der Waals surface area contributed by atoms with Gasteiger partial charge in [0.1, 0.15) is 5.75 Å². The maximum Gasteiger partial charge on any atom is 0.118 e.